The molecule has 13 heteroatoms. The molecule has 0 aliphatic carbocycles. The fraction of sp³-hybridized carbons (Fsp3) is 0.278. The van der Waals surface area contributed by atoms with Crippen LogP contribution in [0.1, 0.15) is 22.3 Å². The summed E-state index contributed by atoms with van der Waals surface area (Å²) in [5.74, 6) is 0.681. The molecule has 0 saturated carbocycles. The molecule has 260 valence electrons. The number of amides is 4. The standard InChI is InChI=1S/C18H19BrClFN2O3.C18H18BrFN2O/c1-25-14-4-6-16(21)12(9-14)11-22-18(24)23(8-7-20)13-3-5-15(19)17(10-13)26-2;1-12-3-6-17(20)14(9-12)11-21-7-8-22(18(21)23)15-4-5-16(19)13(2)10-15/h3-6,9-10H,7-8,11H2,1-2H3,(H,22,24);3-6,9-10H,7-8,11H2,1-2H3. The van der Waals surface area contributed by atoms with Gasteiger partial charge in [0.15, 0.2) is 0 Å². The number of nitrogens with zero attached hydrogens (tertiary/aromatic N) is 3. The molecule has 1 aliphatic heterocycles. The van der Waals surface area contributed by atoms with E-state index in [2.05, 4.69) is 37.2 Å². The first-order valence-electron chi connectivity index (χ1n) is 15.3. The Kier molecular flexibility index (Phi) is 13.7. The number of hydrogen-bond acceptors (Lipinski definition) is 4. The van der Waals surface area contributed by atoms with Crippen LogP contribution < -0.4 is 24.6 Å². The molecular weight excluding hydrogens is 786 g/mol. The predicted octanol–water partition coefficient (Wildman–Crippen LogP) is 9.21. The summed E-state index contributed by atoms with van der Waals surface area (Å²) in [6, 6.07) is 20.0. The lowest BCUT2D eigenvalue weighted by atomic mass is 10.1. The van der Waals surface area contributed by atoms with Crippen LogP contribution in [0.4, 0.5) is 29.7 Å². The molecule has 0 radical (unpaired) electrons. The minimum Gasteiger partial charge on any atom is -0.497 e. The second kappa shape index (κ2) is 17.7. The maximum Gasteiger partial charge on any atom is 0.324 e. The molecule has 5 rings (SSSR count). The number of halogens is 5. The number of nitrogens with one attached hydrogen (secondary N) is 1. The van der Waals surface area contributed by atoms with E-state index in [-0.39, 0.29) is 24.3 Å². The summed E-state index contributed by atoms with van der Waals surface area (Å²) < 4.78 is 40.0. The van der Waals surface area contributed by atoms with Gasteiger partial charge in [0.05, 0.1) is 25.2 Å². The van der Waals surface area contributed by atoms with Gasteiger partial charge in [0.25, 0.3) is 0 Å². The summed E-state index contributed by atoms with van der Waals surface area (Å²) in [7, 11) is 3.04. The minimum atomic E-state index is -0.416. The van der Waals surface area contributed by atoms with Gasteiger partial charge in [0.2, 0.25) is 0 Å². The third-order valence-corrected chi connectivity index (χ3v) is 9.51. The zero-order valence-corrected chi connectivity index (χ0v) is 31.5. The number of methoxy groups -OCH3 is 2. The van der Waals surface area contributed by atoms with Crippen LogP contribution in [0.3, 0.4) is 0 Å². The summed E-state index contributed by atoms with van der Waals surface area (Å²) in [4.78, 5) is 30.1. The topological polar surface area (TPSA) is 74.3 Å². The van der Waals surface area contributed by atoms with E-state index in [9.17, 15) is 18.4 Å². The number of anilines is 2. The van der Waals surface area contributed by atoms with Crippen LogP contribution in [0.2, 0.25) is 0 Å². The van der Waals surface area contributed by atoms with Crippen molar-refractivity contribution in [3.05, 3.63) is 116 Å². The van der Waals surface area contributed by atoms with Crippen LogP contribution in [0.15, 0.2) is 81.7 Å². The molecule has 1 N–H and O–H groups in total. The molecule has 49 heavy (non-hydrogen) atoms. The highest BCUT2D eigenvalue weighted by molar-refractivity contribution is 9.10. The Morgan fingerprint density at radius 3 is 2.31 bits per heavy atom. The van der Waals surface area contributed by atoms with Crippen molar-refractivity contribution in [2.75, 3.05) is 49.5 Å². The van der Waals surface area contributed by atoms with Gasteiger partial charge in [-0.15, -0.1) is 11.6 Å². The van der Waals surface area contributed by atoms with Crippen molar-refractivity contribution >= 4 is 66.9 Å². The summed E-state index contributed by atoms with van der Waals surface area (Å²) >= 11 is 12.7. The van der Waals surface area contributed by atoms with Gasteiger partial charge in [0, 0.05) is 65.1 Å². The average Bonchev–Trinajstić information content (AvgIpc) is 3.45. The second-order valence-electron chi connectivity index (χ2n) is 11.2. The van der Waals surface area contributed by atoms with Crippen LogP contribution in [0.5, 0.6) is 11.5 Å². The molecule has 0 bridgehead atoms. The summed E-state index contributed by atoms with van der Waals surface area (Å²) in [6.07, 6.45) is 0. The Labute approximate surface area is 307 Å². The SMILES string of the molecule is COc1ccc(F)c(CNC(=O)N(CCCl)c2ccc(Br)c(OC)c2)c1.Cc1ccc(F)c(CN2CCN(c3ccc(Br)c(C)c3)C2=O)c1. The van der Waals surface area contributed by atoms with E-state index < -0.39 is 11.8 Å². The van der Waals surface area contributed by atoms with Crippen molar-refractivity contribution in [3.63, 3.8) is 0 Å². The molecule has 0 unspecified atom stereocenters. The molecule has 1 heterocycles. The quantitative estimate of drug-likeness (QED) is 0.162. The fourth-order valence-electron chi connectivity index (χ4n) is 5.12. The van der Waals surface area contributed by atoms with Gasteiger partial charge in [-0.1, -0.05) is 33.6 Å². The van der Waals surface area contributed by atoms with E-state index >= 15 is 0 Å². The highest BCUT2D eigenvalue weighted by atomic mass is 79.9. The number of carbonyl (C=O) groups is 2. The summed E-state index contributed by atoms with van der Waals surface area (Å²) in [5, 5.41) is 2.71. The maximum atomic E-state index is 13.9. The minimum absolute atomic E-state index is 0.0221. The Morgan fingerprint density at radius 2 is 1.61 bits per heavy atom. The molecule has 1 fully saturated rings. The zero-order valence-electron chi connectivity index (χ0n) is 27.5. The molecule has 1 aliphatic rings. The van der Waals surface area contributed by atoms with Crippen molar-refractivity contribution in [3.8, 4) is 11.5 Å². The van der Waals surface area contributed by atoms with Crippen molar-refractivity contribution in [1.29, 1.82) is 0 Å². The predicted molar refractivity (Wildman–Crippen MR) is 197 cm³/mol. The van der Waals surface area contributed by atoms with Crippen molar-refractivity contribution < 1.29 is 27.8 Å². The molecule has 0 aromatic heterocycles. The number of benzene rings is 4. The Hall–Kier alpha value is -3.87. The number of hydrogen-bond donors (Lipinski definition) is 1. The third-order valence-electron chi connectivity index (χ3n) is 7.79. The summed E-state index contributed by atoms with van der Waals surface area (Å²) in [5.41, 5.74) is 4.47. The van der Waals surface area contributed by atoms with Gasteiger partial charge in [-0.2, -0.15) is 0 Å². The lowest BCUT2D eigenvalue weighted by molar-refractivity contribution is 0.218. The smallest absolute Gasteiger partial charge is 0.324 e. The van der Waals surface area contributed by atoms with Crippen LogP contribution in [-0.2, 0) is 13.1 Å². The molecule has 4 aromatic rings. The first kappa shape index (κ1) is 37.9. The fourth-order valence-corrected chi connectivity index (χ4v) is 5.95. The number of urea groups is 2. The van der Waals surface area contributed by atoms with Gasteiger partial charge in [-0.25, -0.2) is 18.4 Å². The first-order chi connectivity index (χ1) is 23.4. The van der Waals surface area contributed by atoms with Crippen LogP contribution >= 0.6 is 43.5 Å². The largest absolute Gasteiger partial charge is 0.497 e. The number of rotatable bonds is 10. The molecule has 4 amide bonds. The maximum absolute atomic E-state index is 13.9. The highest BCUT2D eigenvalue weighted by Gasteiger charge is 2.30. The summed E-state index contributed by atoms with van der Waals surface area (Å²) in [6.45, 7) is 5.75. The van der Waals surface area contributed by atoms with E-state index in [1.165, 1.54) is 30.2 Å². The van der Waals surface area contributed by atoms with Crippen molar-refractivity contribution in [2.24, 2.45) is 0 Å². The lowest BCUT2D eigenvalue weighted by Gasteiger charge is -2.23. The van der Waals surface area contributed by atoms with E-state index in [1.807, 2.05) is 32.0 Å². The van der Waals surface area contributed by atoms with E-state index in [0.29, 0.717) is 54.5 Å². The number of alkyl halides is 1. The molecular formula is C36H37Br2ClF2N4O4. The number of aryl methyl sites for hydroxylation is 2. The second-order valence-corrected chi connectivity index (χ2v) is 13.2. The normalized spacial score (nSPS) is 12.4. The Balaban J connectivity index is 0.000000222. The van der Waals surface area contributed by atoms with Gasteiger partial charge in [-0.3, -0.25) is 9.80 Å². The van der Waals surface area contributed by atoms with E-state index in [0.717, 1.165) is 25.8 Å². The highest BCUT2D eigenvalue weighted by Crippen LogP contribution is 2.30. The molecule has 8 nitrogen and oxygen atoms in total. The Morgan fingerprint density at radius 1 is 0.898 bits per heavy atom. The van der Waals surface area contributed by atoms with E-state index in [4.69, 9.17) is 21.1 Å². The molecule has 4 aromatic carbocycles. The van der Waals surface area contributed by atoms with Crippen LogP contribution in [-0.4, -0.2) is 56.7 Å². The molecule has 0 spiro atoms. The number of ether oxygens (including phenoxy) is 2. The van der Waals surface area contributed by atoms with Gasteiger partial charge in [0.1, 0.15) is 23.1 Å². The van der Waals surface area contributed by atoms with Gasteiger partial charge in [-0.05, 0) is 89.9 Å². The third kappa shape index (κ3) is 9.86. The first-order valence-corrected chi connectivity index (χ1v) is 17.4. The molecule has 1 saturated heterocycles. The van der Waals surface area contributed by atoms with Crippen LogP contribution in [0, 0.1) is 25.5 Å². The van der Waals surface area contributed by atoms with Crippen molar-refractivity contribution in [1.82, 2.24) is 10.2 Å². The number of carbonyl (C=O) groups excluding carboxylic acids is 2. The van der Waals surface area contributed by atoms with Gasteiger partial charge >= 0.3 is 12.1 Å². The van der Waals surface area contributed by atoms with E-state index in [1.54, 1.807) is 53.3 Å². The zero-order chi connectivity index (χ0) is 35.7. The van der Waals surface area contributed by atoms with Crippen LogP contribution in [0.25, 0.3) is 0 Å². The average molecular weight is 823 g/mol. The van der Waals surface area contributed by atoms with Gasteiger partial charge < -0.3 is 19.7 Å². The molecule has 0 atom stereocenters. The Bertz CT molecular complexity index is 1800. The lowest BCUT2D eigenvalue weighted by Crippen LogP contribution is -2.41. The van der Waals surface area contributed by atoms with Crippen molar-refractivity contribution in [2.45, 2.75) is 26.9 Å². The monoisotopic (exact) mass is 820 g/mol.